The summed E-state index contributed by atoms with van der Waals surface area (Å²) in [5, 5.41) is 11.0. The Hall–Kier alpha value is -0.910. The Labute approximate surface area is 75.0 Å². The van der Waals surface area contributed by atoms with Crippen molar-refractivity contribution in [2.24, 2.45) is 10.9 Å². The highest BCUT2D eigenvalue weighted by Crippen LogP contribution is 2.26. The maximum atomic E-state index is 12.6. The highest BCUT2D eigenvalue weighted by atomic mass is 19.3. The standard InChI is InChI=1S/C7H13F2N3O/c8-7(9)2-4-12(5-7)3-1-6(10)11-13/h13H,1-5H2,(H2,10,11). The quantitative estimate of drug-likeness (QED) is 0.296. The van der Waals surface area contributed by atoms with E-state index < -0.39 is 5.92 Å². The minimum atomic E-state index is -2.56. The van der Waals surface area contributed by atoms with Crippen LogP contribution in [-0.2, 0) is 0 Å². The lowest BCUT2D eigenvalue weighted by atomic mass is 10.3. The molecule has 1 heterocycles. The molecule has 1 aliphatic heterocycles. The van der Waals surface area contributed by atoms with Gasteiger partial charge in [0.1, 0.15) is 5.84 Å². The largest absolute Gasteiger partial charge is 0.409 e. The summed E-state index contributed by atoms with van der Waals surface area (Å²) in [7, 11) is 0. The van der Waals surface area contributed by atoms with Crippen molar-refractivity contribution in [2.75, 3.05) is 19.6 Å². The maximum absolute atomic E-state index is 12.6. The van der Waals surface area contributed by atoms with E-state index in [4.69, 9.17) is 10.9 Å². The lowest BCUT2D eigenvalue weighted by Crippen LogP contribution is -2.29. The summed E-state index contributed by atoms with van der Waals surface area (Å²) in [5.41, 5.74) is 5.20. The van der Waals surface area contributed by atoms with Crippen LogP contribution in [0.4, 0.5) is 8.78 Å². The van der Waals surface area contributed by atoms with E-state index in [0.29, 0.717) is 19.5 Å². The first-order chi connectivity index (χ1) is 6.03. The second-order valence-corrected chi connectivity index (χ2v) is 3.22. The Morgan fingerprint density at radius 2 is 2.31 bits per heavy atom. The number of halogens is 2. The maximum Gasteiger partial charge on any atom is 0.261 e. The first-order valence-electron chi connectivity index (χ1n) is 4.10. The van der Waals surface area contributed by atoms with E-state index in [1.807, 2.05) is 0 Å². The predicted molar refractivity (Wildman–Crippen MR) is 44.0 cm³/mol. The molecule has 0 bridgehead atoms. The fourth-order valence-corrected chi connectivity index (χ4v) is 1.32. The van der Waals surface area contributed by atoms with Gasteiger partial charge in [-0.15, -0.1) is 0 Å². The van der Waals surface area contributed by atoms with Crippen molar-refractivity contribution in [3.63, 3.8) is 0 Å². The molecule has 0 spiro atoms. The average molecular weight is 193 g/mol. The molecule has 76 valence electrons. The van der Waals surface area contributed by atoms with E-state index in [2.05, 4.69) is 5.16 Å². The number of hydrogen-bond acceptors (Lipinski definition) is 3. The van der Waals surface area contributed by atoms with E-state index in [0.717, 1.165) is 0 Å². The number of hydrogen-bond donors (Lipinski definition) is 2. The zero-order chi connectivity index (χ0) is 9.90. The van der Waals surface area contributed by atoms with Gasteiger partial charge in [-0.05, 0) is 0 Å². The monoisotopic (exact) mass is 193 g/mol. The summed E-state index contributed by atoms with van der Waals surface area (Å²) < 4.78 is 25.3. The van der Waals surface area contributed by atoms with Gasteiger partial charge < -0.3 is 10.9 Å². The Morgan fingerprint density at radius 1 is 1.62 bits per heavy atom. The molecule has 1 rings (SSSR count). The van der Waals surface area contributed by atoms with Crippen molar-refractivity contribution < 1.29 is 14.0 Å². The fraction of sp³-hybridized carbons (Fsp3) is 0.857. The van der Waals surface area contributed by atoms with Gasteiger partial charge in [0.2, 0.25) is 0 Å². The number of amidine groups is 1. The number of nitrogens with zero attached hydrogens (tertiary/aromatic N) is 2. The van der Waals surface area contributed by atoms with Gasteiger partial charge in [-0.1, -0.05) is 5.16 Å². The molecular formula is C7H13F2N3O. The second-order valence-electron chi connectivity index (χ2n) is 3.22. The Morgan fingerprint density at radius 3 is 2.77 bits per heavy atom. The van der Waals surface area contributed by atoms with Crippen molar-refractivity contribution in [2.45, 2.75) is 18.8 Å². The minimum absolute atomic E-state index is 0.0789. The molecule has 0 unspecified atom stereocenters. The number of oxime groups is 1. The van der Waals surface area contributed by atoms with Crippen LogP contribution in [0, 0.1) is 0 Å². The zero-order valence-electron chi connectivity index (χ0n) is 7.21. The molecule has 0 amide bonds. The Kier molecular flexibility index (Phi) is 3.02. The topological polar surface area (TPSA) is 61.8 Å². The van der Waals surface area contributed by atoms with Crippen molar-refractivity contribution in [1.82, 2.24) is 4.90 Å². The van der Waals surface area contributed by atoms with Crippen LogP contribution in [0.5, 0.6) is 0 Å². The SMILES string of the molecule is N/C(CCN1CCC(F)(F)C1)=N\O. The van der Waals surface area contributed by atoms with Gasteiger partial charge in [0, 0.05) is 25.9 Å². The lowest BCUT2D eigenvalue weighted by Gasteiger charge is -2.14. The third kappa shape index (κ3) is 3.14. The van der Waals surface area contributed by atoms with Crippen molar-refractivity contribution in [1.29, 1.82) is 0 Å². The van der Waals surface area contributed by atoms with Gasteiger partial charge in [-0.25, -0.2) is 8.78 Å². The van der Waals surface area contributed by atoms with E-state index in [1.54, 1.807) is 4.90 Å². The molecule has 0 aromatic carbocycles. The van der Waals surface area contributed by atoms with Crippen molar-refractivity contribution in [3.05, 3.63) is 0 Å². The van der Waals surface area contributed by atoms with Gasteiger partial charge in [0.05, 0.1) is 6.54 Å². The average Bonchev–Trinajstić information content (AvgIpc) is 2.41. The van der Waals surface area contributed by atoms with Crippen LogP contribution in [0.1, 0.15) is 12.8 Å². The minimum Gasteiger partial charge on any atom is -0.409 e. The summed E-state index contributed by atoms with van der Waals surface area (Å²) in [6.07, 6.45) is 0.232. The van der Waals surface area contributed by atoms with Crippen LogP contribution in [-0.4, -0.2) is 41.5 Å². The molecule has 0 aliphatic carbocycles. The number of likely N-dealkylation sites (tertiary alicyclic amines) is 1. The molecule has 0 saturated carbocycles. The lowest BCUT2D eigenvalue weighted by molar-refractivity contribution is 0.0125. The van der Waals surface area contributed by atoms with E-state index in [1.165, 1.54) is 0 Å². The highest BCUT2D eigenvalue weighted by Gasteiger charge is 2.37. The van der Waals surface area contributed by atoms with E-state index in [9.17, 15) is 8.78 Å². The van der Waals surface area contributed by atoms with E-state index >= 15 is 0 Å². The van der Waals surface area contributed by atoms with Gasteiger partial charge >= 0.3 is 0 Å². The van der Waals surface area contributed by atoms with Crippen LogP contribution < -0.4 is 5.73 Å². The number of nitrogens with two attached hydrogens (primary N) is 1. The van der Waals surface area contributed by atoms with Crippen LogP contribution in [0.15, 0.2) is 5.16 Å². The summed E-state index contributed by atoms with van der Waals surface area (Å²) in [6, 6.07) is 0. The number of alkyl halides is 2. The molecule has 0 aromatic heterocycles. The first-order valence-corrected chi connectivity index (χ1v) is 4.10. The summed E-state index contributed by atoms with van der Waals surface area (Å²) >= 11 is 0. The van der Waals surface area contributed by atoms with Gasteiger partial charge in [-0.3, -0.25) is 4.90 Å². The summed E-state index contributed by atoms with van der Waals surface area (Å²) in [4.78, 5) is 1.61. The third-order valence-electron chi connectivity index (χ3n) is 2.06. The Bertz CT molecular complexity index is 208. The van der Waals surface area contributed by atoms with Crippen LogP contribution in [0.25, 0.3) is 0 Å². The molecule has 4 nitrogen and oxygen atoms in total. The Balaban J connectivity index is 2.25. The number of rotatable bonds is 3. The van der Waals surface area contributed by atoms with Crippen LogP contribution in [0.2, 0.25) is 0 Å². The molecule has 6 heteroatoms. The van der Waals surface area contributed by atoms with Gasteiger partial charge in [0.25, 0.3) is 5.92 Å². The van der Waals surface area contributed by atoms with Gasteiger partial charge in [0.15, 0.2) is 0 Å². The predicted octanol–water partition coefficient (Wildman–Crippen LogP) is 0.464. The smallest absolute Gasteiger partial charge is 0.261 e. The summed E-state index contributed by atoms with van der Waals surface area (Å²) in [5.74, 6) is -2.49. The molecule has 13 heavy (non-hydrogen) atoms. The van der Waals surface area contributed by atoms with Crippen LogP contribution in [0.3, 0.4) is 0 Å². The zero-order valence-corrected chi connectivity index (χ0v) is 7.21. The molecule has 3 N–H and O–H groups in total. The van der Waals surface area contributed by atoms with Crippen molar-refractivity contribution >= 4 is 5.84 Å². The molecule has 0 radical (unpaired) electrons. The molecule has 0 aromatic rings. The molecule has 1 saturated heterocycles. The fourth-order valence-electron chi connectivity index (χ4n) is 1.32. The molecule has 1 aliphatic rings. The second kappa shape index (κ2) is 3.87. The van der Waals surface area contributed by atoms with Crippen molar-refractivity contribution in [3.8, 4) is 0 Å². The van der Waals surface area contributed by atoms with E-state index in [-0.39, 0.29) is 18.8 Å². The highest BCUT2D eigenvalue weighted by molar-refractivity contribution is 5.79. The van der Waals surface area contributed by atoms with Gasteiger partial charge in [-0.2, -0.15) is 0 Å². The molecular weight excluding hydrogens is 180 g/mol. The first kappa shape index (κ1) is 10.2. The third-order valence-corrected chi connectivity index (χ3v) is 2.06. The normalized spacial score (nSPS) is 23.7. The van der Waals surface area contributed by atoms with Crippen LogP contribution >= 0.6 is 0 Å². The molecule has 0 atom stereocenters. The molecule has 1 fully saturated rings. The summed E-state index contributed by atoms with van der Waals surface area (Å²) in [6.45, 7) is 0.586.